The van der Waals surface area contributed by atoms with E-state index in [1.54, 1.807) is 0 Å². The molecule has 0 saturated carbocycles. The highest BCUT2D eigenvalue weighted by Crippen LogP contribution is 2.28. The molecule has 0 heterocycles. The zero-order chi connectivity index (χ0) is 15.2. The van der Waals surface area contributed by atoms with Gasteiger partial charge in [0.15, 0.2) is 0 Å². The molecule has 3 aromatic carbocycles. The van der Waals surface area contributed by atoms with Crippen molar-refractivity contribution >= 4 is 6.21 Å². The number of hydrogen-bond acceptors (Lipinski definition) is 1. The maximum Gasteiger partial charge on any atom is 0.100 e. The van der Waals surface area contributed by atoms with Crippen LogP contribution in [0.5, 0.6) is 0 Å². The summed E-state index contributed by atoms with van der Waals surface area (Å²) in [6.45, 7) is 2.14. The minimum atomic E-state index is 0.0302. The molecule has 0 radical (unpaired) electrons. The van der Waals surface area contributed by atoms with Crippen LogP contribution in [-0.4, -0.2) is 6.21 Å². The second kappa shape index (κ2) is 6.86. The molecule has 1 heteroatoms. The van der Waals surface area contributed by atoms with Gasteiger partial charge in [0.25, 0.3) is 0 Å². The highest BCUT2D eigenvalue weighted by atomic mass is 14.8. The van der Waals surface area contributed by atoms with Crippen molar-refractivity contribution in [3.63, 3.8) is 0 Å². The smallest absolute Gasteiger partial charge is 0.100 e. The highest BCUT2D eigenvalue weighted by Gasteiger charge is 2.13. The Morgan fingerprint density at radius 2 is 1.32 bits per heavy atom. The monoisotopic (exact) mass is 285 g/mol. The van der Waals surface area contributed by atoms with E-state index in [9.17, 15) is 0 Å². The Bertz CT molecular complexity index is 745. The van der Waals surface area contributed by atoms with Gasteiger partial charge >= 0.3 is 0 Å². The average molecular weight is 285 g/mol. The number of benzene rings is 3. The SMILES string of the molecule is Cc1ccccc1C(N=Cc1ccccc1)c1ccccc1. The number of aryl methyl sites for hydroxylation is 1. The predicted molar refractivity (Wildman–Crippen MR) is 93.5 cm³/mol. The summed E-state index contributed by atoms with van der Waals surface area (Å²) in [5, 5.41) is 0. The Morgan fingerprint density at radius 3 is 2.00 bits per heavy atom. The summed E-state index contributed by atoms with van der Waals surface area (Å²) in [7, 11) is 0. The first-order chi connectivity index (χ1) is 10.8. The van der Waals surface area contributed by atoms with Crippen molar-refractivity contribution in [2.24, 2.45) is 4.99 Å². The van der Waals surface area contributed by atoms with E-state index in [-0.39, 0.29) is 6.04 Å². The van der Waals surface area contributed by atoms with E-state index in [2.05, 4.69) is 67.6 Å². The first-order valence-corrected chi connectivity index (χ1v) is 7.53. The summed E-state index contributed by atoms with van der Waals surface area (Å²) < 4.78 is 0. The van der Waals surface area contributed by atoms with E-state index >= 15 is 0 Å². The van der Waals surface area contributed by atoms with Crippen molar-refractivity contribution in [1.29, 1.82) is 0 Å². The zero-order valence-corrected chi connectivity index (χ0v) is 12.7. The Balaban J connectivity index is 2.01. The van der Waals surface area contributed by atoms with E-state index in [0.29, 0.717) is 0 Å². The van der Waals surface area contributed by atoms with Crippen molar-refractivity contribution < 1.29 is 0 Å². The van der Waals surface area contributed by atoms with Crippen molar-refractivity contribution in [3.05, 3.63) is 107 Å². The van der Waals surface area contributed by atoms with Crippen LogP contribution in [0.1, 0.15) is 28.3 Å². The van der Waals surface area contributed by atoms with Gasteiger partial charge in [-0.25, -0.2) is 0 Å². The Hall–Kier alpha value is -2.67. The van der Waals surface area contributed by atoms with Crippen LogP contribution in [0.3, 0.4) is 0 Å². The van der Waals surface area contributed by atoms with E-state index < -0.39 is 0 Å². The lowest BCUT2D eigenvalue weighted by atomic mass is 9.95. The predicted octanol–water partition coefficient (Wildman–Crippen LogP) is 5.20. The van der Waals surface area contributed by atoms with Crippen LogP contribution in [0.2, 0.25) is 0 Å². The van der Waals surface area contributed by atoms with Gasteiger partial charge in [0.1, 0.15) is 6.04 Å². The maximum absolute atomic E-state index is 4.87. The fourth-order valence-electron chi connectivity index (χ4n) is 2.57. The molecule has 0 fully saturated rings. The lowest BCUT2D eigenvalue weighted by Gasteiger charge is -2.16. The van der Waals surface area contributed by atoms with Crippen molar-refractivity contribution in [2.75, 3.05) is 0 Å². The van der Waals surface area contributed by atoms with Gasteiger partial charge in [0.05, 0.1) is 0 Å². The fourth-order valence-corrected chi connectivity index (χ4v) is 2.57. The van der Waals surface area contributed by atoms with Gasteiger partial charge in [-0.3, -0.25) is 4.99 Å². The largest absolute Gasteiger partial charge is 0.280 e. The molecule has 0 aliphatic rings. The quantitative estimate of drug-likeness (QED) is 0.584. The van der Waals surface area contributed by atoms with Crippen LogP contribution >= 0.6 is 0 Å². The van der Waals surface area contributed by atoms with Crippen LogP contribution in [0.15, 0.2) is 89.9 Å². The van der Waals surface area contributed by atoms with Crippen molar-refractivity contribution in [2.45, 2.75) is 13.0 Å². The fraction of sp³-hybridized carbons (Fsp3) is 0.0952. The number of hydrogen-bond donors (Lipinski definition) is 0. The third kappa shape index (κ3) is 3.32. The van der Waals surface area contributed by atoms with Crippen LogP contribution in [-0.2, 0) is 0 Å². The number of aliphatic imine (C=N–C) groups is 1. The molecular weight excluding hydrogens is 266 g/mol. The minimum absolute atomic E-state index is 0.0302. The topological polar surface area (TPSA) is 12.4 Å². The van der Waals surface area contributed by atoms with Gasteiger partial charge in [0.2, 0.25) is 0 Å². The summed E-state index contributed by atoms with van der Waals surface area (Å²) in [6.07, 6.45) is 1.96. The van der Waals surface area contributed by atoms with Gasteiger partial charge in [-0.05, 0) is 29.2 Å². The van der Waals surface area contributed by atoms with E-state index in [1.165, 1.54) is 16.7 Å². The summed E-state index contributed by atoms with van der Waals surface area (Å²) in [4.78, 5) is 4.87. The van der Waals surface area contributed by atoms with Gasteiger partial charge in [-0.2, -0.15) is 0 Å². The number of nitrogens with zero attached hydrogens (tertiary/aromatic N) is 1. The van der Waals surface area contributed by atoms with Crippen LogP contribution in [0, 0.1) is 6.92 Å². The van der Waals surface area contributed by atoms with Gasteiger partial charge in [-0.1, -0.05) is 84.9 Å². The molecule has 0 N–H and O–H groups in total. The summed E-state index contributed by atoms with van der Waals surface area (Å²) >= 11 is 0. The molecule has 0 bridgehead atoms. The highest BCUT2D eigenvalue weighted by molar-refractivity contribution is 5.79. The van der Waals surface area contributed by atoms with E-state index in [1.807, 2.05) is 30.5 Å². The molecule has 1 atom stereocenters. The van der Waals surface area contributed by atoms with E-state index in [0.717, 1.165) is 5.56 Å². The van der Waals surface area contributed by atoms with Crippen LogP contribution in [0.25, 0.3) is 0 Å². The van der Waals surface area contributed by atoms with Crippen LogP contribution in [0.4, 0.5) is 0 Å². The Kier molecular flexibility index (Phi) is 4.45. The molecule has 0 amide bonds. The molecule has 0 spiro atoms. The molecule has 1 nitrogen and oxygen atoms in total. The second-order valence-corrected chi connectivity index (χ2v) is 5.36. The first-order valence-electron chi connectivity index (χ1n) is 7.53. The number of rotatable bonds is 4. The lowest BCUT2D eigenvalue weighted by Crippen LogP contribution is -2.01. The third-order valence-corrected chi connectivity index (χ3v) is 3.77. The molecule has 3 rings (SSSR count). The summed E-state index contributed by atoms with van der Waals surface area (Å²) in [5.41, 5.74) is 4.85. The summed E-state index contributed by atoms with van der Waals surface area (Å²) in [6, 6.07) is 29.2. The standard InChI is InChI=1S/C21H19N/c1-17-10-8-9-15-20(17)21(19-13-6-3-7-14-19)22-16-18-11-4-2-5-12-18/h2-16,21H,1H3. The minimum Gasteiger partial charge on any atom is -0.280 e. The van der Waals surface area contributed by atoms with Gasteiger partial charge in [0, 0.05) is 6.21 Å². The molecule has 1 unspecified atom stereocenters. The normalized spacial score (nSPS) is 12.4. The molecule has 22 heavy (non-hydrogen) atoms. The molecule has 0 aliphatic heterocycles. The lowest BCUT2D eigenvalue weighted by molar-refractivity contribution is 0.868. The van der Waals surface area contributed by atoms with Crippen molar-refractivity contribution in [3.8, 4) is 0 Å². The average Bonchev–Trinajstić information content (AvgIpc) is 2.58. The van der Waals surface area contributed by atoms with E-state index in [4.69, 9.17) is 4.99 Å². The summed E-state index contributed by atoms with van der Waals surface area (Å²) in [5.74, 6) is 0. The van der Waals surface area contributed by atoms with Crippen molar-refractivity contribution in [1.82, 2.24) is 0 Å². The molecule has 0 aromatic heterocycles. The molecule has 0 aliphatic carbocycles. The Labute approximate surface area is 132 Å². The second-order valence-electron chi connectivity index (χ2n) is 5.36. The molecule has 0 saturated heterocycles. The molecule has 3 aromatic rings. The Morgan fingerprint density at radius 1 is 0.727 bits per heavy atom. The first kappa shape index (κ1) is 14.3. The van der Waals surface area contributed by atoms with Gasteiger partial charge in [-0.15, -0.1) is 0 Å². The molecule has 108 valence electrons. The maximum atomic E-state index is 4.87. The van der Waals surface area contributed by atoms with Crippen LogP contribution < -0.4 is 0 Å². The molecular formula is C21H19N. The zero-order valence-electron chi connectivity index (χ0n) is 12.7. The van der Waals surface area contributed by atoms with Gasteiger partial charge < -0.3 is 0 Å². The third-order valence-electron chi connectivity index (χ3n) is 3.77.